The highest BCUT2D eigenvalue weighted by molar-refractivity contribution is 5.98. The SMILES string of the molecule is CON(C)C(=O)c1cn(-c2ccccc2)nc1-c1ccc(C)o1. The van der Waals surface area contributed by atoms with Crippen molar-refractivity contribution in [2.24, 2.45) is 0 Å². The van der Waals surface area contributed by atoms with Crippen LogP contribution in [0, 0.1) is 6.92 Å². The number of benzene rings is 1. The Bertz CT molecular complexity index is 821. The molecule has 118 valence electrons. The van der Waals surface area contributed by atoms with Gasteiger partial charge in [0.1, 0.15) is 11.5 Å². The number of hydrogen-bond donors (Lipinski definition) is 0. The molecule has 1 amide bonds. The largest absolute Gasteiger partial charge is 0.460 e. The number of para-hydroxylation sites is 1. The van der Waals surface area contributed by atoms with Crippen LogP contribution in [0.5, 0.6) is 0 Å². The Kier molecular flexibility index (Phi) is 3.99. The van der Waals surface area contributed by atoms with Crippen LogP contribution in [-0.4, -0.2) is 34.9 Å². The van der Waals surface area contributed by atoms with Crippen molar-refractivity contribution in [1.82, 2.24) is 14.8 Å². The molecule has 0 aliphatic carbocycles. The third-order valence-electron chi connectivity index (χ3n) is 3.50. The number of carbonyl (C=O) groups excluding carboxylic acids is 1. The third kappa shape index (κ3) is 2.89. The van der Waals surface area contributed by atoms with Gasteiger partial charge in [0.25, 0.3) is 5.91 Å². The van der Waals surface area contributed by atoms with Gasteiger partial charge in [0.05, 0.1) is 18.4 Å². The average molecular weight is 311 g/mol. The normalized spacial score (nSPS) is 10.7. The lowest BCUT2D eigenvalue weighted by Crippen LogP contribution is -2.25. The van der Waals surface area contributed by atoms with Crippen LogP contribution in [0.4, 0.5) is 0 Å². The molecule has 0 unspecified atom stereocenters. The minimum absolute atomic E-state index is 0.293. The van der Waals surface area contributed by atoms with Crippen molar-refractivity contribution in [3.8, 4) is 17.1 Å². The molecular formula is C17H17N3O3. The molecule has 0 N–H and O–H groups in total. The van der Waals surface area contributed by atoms with E-state index in [9.17, 15) is 4.79 Å². The maximum Gasteiger partial charge on any atom is 0.281 e. The second kappa shape index (κ2) is 6.10. The molecular weight excluding hydrogens is 294 g/mol. The van der Waals surface area contributed by atoms with E-state index in [1.54, 1.807) is 24.0 Å². The Morgan fingerprint density at radius 1 is 1.22 bits per heavy atom. The smallest absolute Gasteiger partial charge is 0.281 e. The molecule has 0 aliphatic heterocycles. The van der Waals surface area contributed by atoms with E-state index >= 15 is 0 Å². The molecule has 0 bridgehead atoms. The zero-order chi connectivity index (χ0) is 16.4. The van der Waals surface area contributed by atoms with Gasteiger partial charge in [-0.2, -0.15) is 5.10 Å². The van der Waals surface area contributed by atoms with Gasteiger partial charge in [-0.15, -0.1) is 0 Å². The van der Waals surface area contributed by atoms with Gasteiger partial charge in [0.2, 0.25) is 0 Å². The standard InChI is InChI=1S/C17H17N3O3/c1-12-9-10-15(23-12)16-14(17(21)19(2)22-3)11-20(18-16)13-7-5-4-6-8-13/h4-11H,1-3H3. The van der Waals surface area contributed by atoms with Crippen molar-refractivity contribution >= 4 is 5.91 Å². The molecule has 6 heteroatoms. The van der Waals surface area contributed by atoms with E-state index in [-0.39, 0.29) is 5.91 Å². The lowest BCUT2D eigenvalue weighted by molar-refractivity contribution is -0.0756. The van der Waals surface area contributed by atoms with Crippen LogP contribution >= 0.6 is 0 Å². The molecule has 23 heavy (non-hydrogen) atoms. The minimum atomic E-state index is -0.293. The minimum Gasteiger partial charge on any atom is -0.460 e. The van der Waals surface area contributed by atoms with Crippen LogP contribution in [0.2, 0.25) is 0 Å². The average Bonchev–Trinajstić information content (AvgIpc) is 3.20. The van der Waals surface area contributed by atoms with Gasteiger partial charge in [-0.25, -0.2) is 9.75 Å². The second-order valence-corrected chi connectivity index (χ2v) is 5.07. The fourth-order valence-corrected chi connectivity index (χ4v) is 2.24. The van der Waals surface area contributed by atoms with Crippen LogP contribution in [0.3, 0.4) is 0 Å². The molecule has 0 atom stereocenters. The zero-order valence-corrected chi connectivity index (χ0v) is 13.2. The Hall–Kier alpha value is -2.86. The van der Waals surface area contributed by atoms with Gasteiger partial charge in [0, 0.05) is 13.2 Å². The van der Waals surface area contributed by atoms with Crippen LogP contribution in [0.1, 0.15) is 16.1 Å². The Labute approximate surface area is 133 Å². The van der Waals surface area contributed by atoms with Gasteiger partial charge >= 0.3 is 0 Å². The highest BCUT2D eigenvalue weighted by Gasteiger charge is 2.23. The van der Waals surface area contributed by atoms with Gasteiger partial charge in [-0.05, 0) is 31.2 Å². The molecule has 3 aromatic rings. The van der Waals surface area contributed by atoms with E-state index in [0.29, 0.717) is 17.0 Å². The van der Waals surface area contributed by atoms with Gasteiger partial charge in [-0.3, -0.25) is 9.63 Å². The summed E-state index contributed by atoms with van der Waals surface area (Å²) in [5.74, 6) is 1.01. The number of rotatable bonds is 4. The highest BCUT2D eigenvalue weighted by atomic mass is 16.7. The Morgan fingerprint density at radius 3 is 2.57 bits per heavy atom. The van der Waals surface area contributed by atoms with Crippen LogP contribution in [0.25, 0.3) is 17.1 Å². The molecule has 1 aromatic carbocycles. The molecule has 3 rings (SSSR count). The summed E-state index contributed by atoms with van der Waals surface area (Å²) in [6.07, 6.45) is 1.68. The summed E-state index contributed by atoms with van der Waals surface area (Å²) in [5, 5.41) is 5.68. The van der Waals surface area contributed by atoms with Crippen LogP contribution < -0.4 is 0 Å². The summed E-state index contributed by atoms with van der Waals surface area (Å²) in [4.78, 5) is 17.5. The molecule has 2 heterocycles. The number of furan rings is 1. The number of hydrogen-bond acceptors (Lipinski definition) is 4. The number of carbonyl (C=O) groups is 1. The van der Waals surface area contributed by atoms with Gasteiger partial charge < -0.3 is 4.42 Å². The van der Waals surface area contributed by atoms with E-state index < -0.39 is 0 Å². The van der Waals surface area contributed by atoms with E-state index in [1.807, 2.05) is 43.3 Å². The fraction of sp³-hybridized carbons (Fsp3) is 0.176. The predicted octanol–water partition coefficient (Wildman–Crippen LogP) is 3.07. The maximum atomic E-state index is 12.5. The first-order valence-corrected chi connectivity index (χ1v) is 7.14. The quantitative estimate of drug-likeness (QED) is 0.695. The highest BCUT2D eigenvalue weighted by Crippen LogP contribution is 2.26. The number of aryl methyl sites for hydroxylation is 1. The molecule has 0 aliphatic rings. The third-order valence-corrected chi connectivity index (χ3v) is 3.50. The lowest BCUT2D eigenvalue weighted by atomic mass is 10.2. The molecule has 6 nitrogen and oxygen atoms in total. The van der Waals surface area contributed by atoms with Gasteiger partial charge in [-0.1, -0.05) is 18.2 Å². The zero-order valence-electron chi connectivity index (χ0n) is 13.2. The van der Waals surface area contributed by atoms with Crippen molar-refractivity contribution in [2.75, 3.05) is 14.2 Å². The van der Waals surface area contributed by atoms with E-state index in [0.717, 1.165) is 16.5 Å². The number of aromatic nitrogens is 2. The fourth-order valence-electron chi connectivity index (χ4n) is 2.24. The molecule has 0 radical (unpaired) electrons. The summed E-state index contributed by atoms with van der Waals surface area (Å²) in [6, 6.07) is 13.2. The van der Waals surface area contributed by atoms with Crippen molar-refractivity contribution in [3.05, 3.63) is 60.0 Å². The molecule has 0 saturated carbocycles. The topological polar surface area (TPSA) is 60.5 Å². The summed E-state index contributed by atoms with van der Waals surface area (Å²) in [7, 11) is 3.00. The maximum absolute atomic E-state index is 12.5. The molecule has 0 saturated heterocycles. The van der Waals surface area contributed by atoms with Crippen molar-refractivity contribution < 1.29 is 14.0 Å². The Balaban J connectivity index is 2.12. The molecule has 0 fully saturated rings. The second-order valence-electron chi connectivity index (χ2n) is 5.07. The monoisotopic (exact) mass is 311 g/mol. The number of amides is 1. The summed E-state index contributed by atoms with van der Waals surface area (Å²) >= 11 is 0. The summed E-state index contributed by atoms with van der Waals surface area (Å²) in [5.41, 5.74) is 1.75. The first-order valence-electron chi connectivity index (χ1n) is 7.14. The lowest BCUT2D eigenvalue weighted by Gasteiger charge is -2.12. The van der Waals surface area contributed by atoms with Crippen LogP contribution in [-0.2, 0) is 4.84 Å². The molecule has 2 aromatic heterocycles. The van der Waals surface area contributed by atoms with Crippen molar-refractivity contribution in [3.63, 3.8) is 0 Å². The first kappa shape index (κ1) is 15.1. The predicted molar refractivity (Wildman–Crippen MR) is 85.1 cm³/mol. The van der Waals surface area contributed by atoms with E-state index in [2.05, 4.69) is 5.10 Å². The molecule has 0 spiro atoms. The van der Waals surface area contributed by atoms with Crippen molar-refractivity contribution in [2.45, 2.75) is 6.92 Å². The first-order chi connectivity index (χ1) is 11.1. The Morgan fingerprint density at radius 2 is 1.96 bits per heavy atom. The van der Waals surface area contributed by atoms with Crippen molar-refractivity contribution in [1.29, 1.82) is 0 Å². The van der Waals surface area contributed by atoms with E-state index in [1.165, 1.54) is 7.11 Å². The summed E-state index contributed by atoms with van der Waals surface area (Å²) in [6.45, 7) is 1.85. The van der Waals surface area contributed by atoms with Crippen LogP contribution in [0.15, 0.2) is 53.1 Å². The number of hydroxylamine groups is 2. The van der Waals surface area contributed by atoms with E-state index in [4.69, 9.17) is 9.25 Å². The number of nitrogens with zero attached hydrogens (tertiary/aromatic N) is 3. The summed E-state index contributed by atoms with van der Waals surface area (Å²) < 4.78 is 7.29. The van der Waals surface area contributed by atoms with Gasteiger partial charge in [0.15, 0.2) is 5.76 Å².